The number of carbonyl (C=O) groups excluding carboxylic acids is 1. The first-order valence-electron chi connectivity index (χ1n) is 9.41. The molecule has 0 fully saturated rings. The van der Waals surface area contributed by atoms with E-state index >= 15 is 0 Å². The fourth-order valence-corrected chi connectivity index (χ4v) is 3.19. The summed E-state index contributed by atoms with van der Waals surface area (Å²) in [5.41, 5.74) is 4.38. The van der Waals surface area contributed by atoms with Gasteiger partial charge in [0.2, 0.25) is 5.91 Å². The van der Waals surface area contributed by atoms with Crippen molar-refractivity contribution in [3.8, 4) is 16.8 Å². The molecule has 0 aliphatic carbocycles. The molecule has 0 aliphatic heterocycles. The number of benzene rings is 3. The van der Waals surface area contributed by atoms with Crippen LogP contribution in [0.3, 0.4) is 0 Å². The van der Waals surface area contributed by atoms with Gasteiger partial charge in [-0.05, 0) is 34.9 Å². The zero-order valence-electron chi connectivity index (χ0n) is 15.8. The van der Waals surface area contributed by atoms with E-state index in [9.17, 15) is 9.59 Å². The Kier molecular flexibility index (Phi) is 5.34. The largest absolute Gasteiger partial charge is 0.324 e. The van der Waals surface area contributed by atoms with E-state index in [-0.39, 0.29) is 17.9 Å². The lowest BCUT2D eigenvalue weighted by Gasteiger charge is -2.10. The van der Waals surface area contributed by atoms with Gasteiger partial charge in [0.1, 0.15) is 0 Å². The van der Waals surface area contributed by atoms with Gasteiger partial charge in [-0.3, -0.25) is 14.2 Å². The molecule has 4 heteroatoms. The van der Waals surface area contributed by atoms with Crippen LogP contribution in [-0.4, -0.2) is 10.5 Å². The normalized spacial score (nSPS) is 10.5. The second kappa shape index (κ2) is 8.40. The first-order valence-corrected chi connectivity index (χ1v) is 9.41. The molecule has 0 saturated heterocycles. The predicted octanol–water partition coefficient (Wildman–Crippen LogP) is 4.69. The van der Waals surface area contributed by atoms with Gasteiger partial charge >= 0.3 is 0 Å². The van der Waals surface area contributed by atoms with Crippen LogP contribution < -0.4 is 10.9 Å². The molecular formula is C25H20N2O2. The Labute approximate surface area is 169 Å². The Morgan fingerprint density at radius 2 is 1.34 bits per heavy atom. The van der Waals surface area contributed by atoms with Gasteiger partial charge in [-0.25, -0.2) is 0 Å². The zero-order chi connectivity index (χ0) is 20.1. The standard InChI is InChI=1S/C25H20N2O2/c28-24(17-19-11-13-21(14-12-19)20-7-3-1-4-8-20)26-22-15-16-25(29)27(18-22)23-9-5-2-6-10-23/h1-16,18H,17H2,(H,26,28). The van der Waals surface area contributed by atoms with E-state index in [0.29, 0.717) is 5.69 Å². The average molecular weight is 380 g/mol. The van der Waals surface area contributed by atoms with Crippen molar-refractivity contribution in [1.82, 2.24) is 4.57 Å². The van der Waals surface area contributed by atoms with Gasteiger partial charge in [-0.15, -0.1) is 0 Å². The summed E-state index contributed by atoms with van der Waals surface area (Å²) in [5.74, 6) is -0.129. The van der Waals surface area contributed by atoms with E-state index < -0.39 is 0 Å². The fourth-order valence-electron chi connectivity index (χ4n) is 3.19. The third-order valence-electron chi connectivity index (χ3n) is 4.65. The lowest BCUT2D eigenvalue weighted by Crippen LogP contribution is -2.20. The minimum Gasteiger partial charge on any atom is -0.324 e. The summed E-state index contributed by atoms with van der Waals surface area (Å²) in [4.78, 5) is 24.6. The quantitative estimate of drug-likeness (QED) is 0.546. The number of rotatable bonds is 5. The van der Waals surface area contributed by atoms with Crippen LogP contribution in [0.5, 0.6) is 0 Å². The smallest absolute Gasteiger partial charge is 0.255 e. The number of para-hydroxylation sites is 1. The lowest BCUT2D eigenvalue weighted by molar-refractivity contribution is -0.115. The number of nitrogens with zero attached hydrogens (tertiary/aromatic N) is 1. The number of carbonyl (C=O) groups is 1. The molecule has 0 radical (unpaired) electrons. The molecule has 4 aromatic rings. The SMILES string of the molecule is O=C(Cc1ccc(-c2ccccc2)cc1)Nc1ccc(=O)n(-c2ccccc2)c1. The van der Waals surface area contributed by atoms with Crippen LogP contribution in [0.25, 0.3) is 16.8 Å². The van der Waals surface area contributed by atoms with Gasteiger partial charge in [-0.2, -0.15) is 0 Å². The third kappa shape index (κ3) is 4.50. The number of aromatic nitrogens is 1. The van der Waals surface area contributed by atoms with Gasteiger partial charge in [0, 0.05) is 18.0 Å². The van der Waals surface area contributed by atoms with Crippen molar-refractivity contribution in [3.63, 3.8) is 0 Å². The minimum absolute atomic E-state index is 0.129. The first kappa shape index (κ1) is 18.4. The van der Waals surface area contributed by atoms with Crippen LogP contribution >= 0.6 is 0 Å². The molecular weight excluding hydrogens is 360 g/mol. The van der Waals surface area contributed by atoms with Gasteiger partial charge < -0.3 is 5.32 Å². The summed E-state index contributed by atoms with van der Waals surface area (Å²) in [6.07, 6.45) is 1.91. The van der Waals surface area contributed by atoms with Crippen molar-refractivity contribution in [2.45, 2.75) is 6.42 Å². The molecule has 4 nitrogen and oxygen atoms in total. The second-order valence-electron chi connectivity index (χ2n) is 6.75. The first-order chi connectivity index (χ1) is 14.2. The van der Waals surface area contributed by atoms with Crippen LogP contribution in [0.1, 0.15) is 5.56 Å². The maximum Gasteiger partial charge on any atom is 0.255 e. The monoisotopic (exact) mass is 380 g/mol. The highest BCUT2D eigenvalue weighted by Crippen LogP contribution is 2.19. The topological polar surface area (TPSA) is 51.1 Å². The lowest BCUT2D eigenvalue weighted by atomic mass is 10.0. The van der Waals surface area contributed by atoms with Gasteiger partial charge in [0.15, 0.2) is 0 Å². The molecule has 0 bridgehead atoms. The average Bonchev–Trinajstić information content (AvgIpc) is 2.77. The second-order valence-corrected chi connectivity index (χ2v) is 6.75. The molecule has 1 amide bonds. The van der Waals surface area contributed by atoms with E-state index in [0.717, 1.165) is 22.4 Å². The van der Waals surface area contributed by atoms with Crippen molar-refractivity contribution in [2.24, 2.45) is 0 Å². The van der Waals surface area contributed by atoms with Crippen LogP contribution in [0, 0.1) is 0 Å². The molecule has 0 spiro atoms. The third-order valence-corrected chi connectivity index (χ3v) is 4.65. The van der Waals surface area contributed by atoms with E-state index in [2.05, 4.69) is 17.4 Å². The molecule has 1 N–H and O–H groups in total. The number of hydrogen-bond acceptors (Lipinski definition) is 2. The molecule has 0 saturated carbocycles. The highest BCUT2D eigenvalue weighted by molar-refractivity contribution is 5.92. The zero-order valence-corrected chi connectivity index (χ0v) is 15.8. The number of amides is 1. The van der Waals surface area contributed by atoms with Crippen molar-refractivity contribution in [3.05, 3.63) is 119 Å². The summed E-state index contributed by atoms with van der Waals surface area (Å²) < 4.78 is 1.52. The Hall–Kier alpha value is -3.92. The van der Waals surface area contributed by atoms with Crippen LogP contribution in [-0.2, 0) is 11.2 Å². The molecule has 4 rings (SSSR count). The summed E-state index contributed by atoms with van der Waals surface area (Å²) in [7, 11) is 0. The van der Waals surface area contributed by atoms with Gasteiger partial charge in [0.05, 0.1) is 12.1 Å². The molecule has 3 aromatic carbocycles. The molecule has 0 unspecified atom stereocenters. The Balaban J connectivity index is 1.46. The summed E-state index contributed by atoms with van der Waals surface area (Å²) in [6, 6.07) is 30.5. The molecule has 0 atom stereocenters. The van der Waals surface area contributed by atoms with E-state index in [1.807, 2.05) is 72.8 Å². The number of anilines is 1. The number of pyridine rings is 1. The van der Waals surface area contributed by atoms with Gasteiger partial charge in [0.25, 0.3) is 5.56 Å². The summed E-state index contributed by atoms with van der Waals surface area (Å²) in [6.45, 7) is 0. The summed E-state index contributed by atoms with van der Waals surface area (Å²) in [5, 5.41) is 2.88. The minimum atomic E-state index is -0.148. The predicted molar refractivity (Wildman–Crippen MR) is 116 cm³/mol. The van der Waals surface area contributed by atoms with E-state index in [1.54, 1.807) is 12.3 Å². The Bertz CT molecular complexity index is 1160. The molecule has 1 heterocycles. The van der Waals surface area contributed by atoms with Crippen LogP contribution in [0.4, 0.5) is 5.69 Å². The van der Waals surface area contributed by atoms with Crippen molar-refractivity contribution in [1.29, 1.82) is 0 Å². The molecule has 29 heavy (non-hydrogen) atoms. The number of nitrogens with one attached hydrogen (secondary N) is 1. The maximum absolute atomic E-state index is 12.5. The van der Waals surface area contributed by atoms with Crippen molar-refractivity contribution < 1.29 is 4.79 Å². The van der Waals surface area contributed by atoms with Gasteiger partial charge in [-0.1, -0.05) is 72.8 Å². The Morgan fingerprint density at radius 3 is 2.03 bits per heavy atom. The highest BCUT2D eigenvalue weighted by atomic mass is 16.1. The molecule has 1 aromatic heterocycles. The van der Waals surface area contributed by atoms with Crippen LogP contribution in [0.15, 0.2) is 108 Å². The maximum atomic E-state index is 12.5. The van der Waals surface area contributed by atoms with E-state index in [4.69, 9.17) is 0 Å². The molecule has 0 aliphatic rings. The van der Waals surface area contributed by atoms with Crippen molar-refractivity contribution in [2.75, 3.05) is 5.32 Å². The van der Waals surface area contributed by atoms with E-state index in [1.165, 1.54) is 10.6 Å². The van der Waals surface area contributed by atoms with Crippen molar-refractivity contribution >= 4 is 11.6 Å². The van der Waals surface area contributed by atoms with Crippen LogP contribution in [0.2, 0.25) is 0 Å². The highest BCUT2D eigenvalue weighted by Gasteiger charge is 2.07. The number of hydrogen-bond donors (Lipinski definition) is 1. The molecule has 142 valence electrons. The summed E-state index contributed by atoms with van der Waals surface area (Å²) >= 11 is 0. The fraction of sp³-hybridized carbons (Fsp3) is 0.0400. The Morgan fingerprint density at radius 1 is 0.724 bits per heavy atom.